The van der Waals surface area contributed by atoms with Crippen molar-refractivity contribution in [3.63, 3.8) is 0 Å². The Morgan fingerprint density at radius 2 is 1.79 bits per heavy atom. The van der Waals surface area contributed by atoms with Gasteiger partial charge in [0.25, 0.3) is 5.56 Å². The summed E-state index contributed by atoms with van der Waals surface area (Å²) in [6.07, 6.45) is 0. The third-order valence-corrected chi connectivity index (χ3v) is 5.75. The number of para-hydroxylation sites is 1. The molecule has 0 saturated heterocycles. The highest BCUT2D eigenvalue weighted by Crippen LogP contribution is 2.26. The van der Waals surface area contributed by atoms with E-state index in [1.165, 1.54) is 12.1 Å². The summed E-state index contributed by atoms with van der Waals surface area (Å²) >= 11 is 6.73. The molecule has 11 heteroatoms. The molecule has 1 atom stereocenters. The molecule has 0 aliphatic rings. The zero-order chi connectivity index (χ0) is 24.1. The molecule has 1 aromatic heterocycles. The van der Waals surface area contributed by atoms with Gasteiger partial charge in [0.1, 0.15) is 5.82 Å². The number of carbonyl (C=O) groups is 2. The summed E-state index contributed by atoms with van der Waals surface area (Å²) in [5.41, 5.74) is 0.737. The molecule has 0 bridgehead atoms. The molecule has 172 valence electrons. The quantitative estimate of drug-likeness (QED) is 0.425. The Kier molecular flexibility index (Phi) is 7.83. The van der Waals surface area contributed by atoms with Crippen LogP contribution < -0.4 is 16.2 Å². The lowest BCUT2D eigenvalue weighted by atomic mass is 10.1. The number of H-pyrrole nitrogens is 1. The van der Waals surface area contributed by atoms with Gasteiger partial charge in [-0.1, -0.05) is 55.4 Å². The maximum Gasteiger partial charge on any atom is 0.278 e. The van der Waals surface area contributed by atoms with E-state index in [1.807, 2.05) is 0 Å². The van der Waals surface area contributed by atoms with Crippen molar-refractivity contribution in [2.45, 2.75) is 31.2 Å². The van der Waals surface area contributed by atoms with Gasteiger partial charge < -0.3 is 10.6 Å². The van der Waals surface area contributed by atoms with Crippen molar-refractivity contribution in [1.82, 2.24) is 15.2 Å². The largest absolute Gasteiger partial charge is 0.325 e. The highest BCUT2D eigenvalue weighted by molar-refractivity contribution is 8.00. The fraction of sp³-hybridized carbons (Fsp3) is 0.227. The molecule has 0 aliphatic carbocycles. The lowest BCUT2D eigenvalue weighted by Crippen LogP contribution is -2.24. The minimum atomic E-state index is -0.651. The lowest BCUT2D eigenvalue weighted by Gasteiger charge is -2.13. The number of amides is 2. The smallest absolute Gasteiger partial charge is 0.278 e. The first kappa shape index (κ1) is 24.4. The zero-order valence-corrected chi connectivity index (χ0v) is 19.6. The van der Waals surface area contributed by atoms with Gasteiger partial charge in [-0.25, -0.2) is 4.39 Å². The minimum absolute atomic E-state index is 0.0389. The third-order valence-electron chi connectivity index (χ3n) is 4.49. The van der Waals surface area contributed by atoms with E-state index in [0.717, 1.165) is 17.8 Å². The van der Waals surface area contributed by atoms with Gasteiger partial charge in [0, 0.05) is 17.2 Å². The second-order valence-electron chi connectivity index (χ2n) is 7.38. The molecule has 0 spiro atoms. The van der Waals surface area contributed by atoms with Gasteiger partial charge in [-0.05, 0) is 31.2 Å². The number of hydrogen-bond donors (Lipinski definition) is 3. The van der Waals surface area contributed by atoms with Crippen molar-refractivity contribution in [3.8, 4) is 11.3 Å². The van der Waals surface area contributed by atoms with Crippen molar-refractivity contribution in [2.24, 2.45) is 5.92 Å². The first-order valence-electron chi connectivity index (χ1n) is 9.95. The lowest BCUT2D eigenvalue weighted by molar-refractivity contribution is -0.119. The molecular weight excluding hydrogens is 469 g/mol. The average Bonchev–Trinajstić information content (AvgIpc) is 2.77. The molecule has 1 heterocycles. The van der Waals surface area contributed by atoms with Crippen LogP contribution in [0.4, 0.5) is 15.8 Å². The van der Waals surface area contributed by atoms with Crippen molar-refractivity contribution < 1.29 is 14.0 Å². The van der Waals surface area contributed by atoms with Crippen LogP contribution in [0.1, 0.15) is 20.8 Å². The Bertz CT molecular complexity index is 1250. The molecule has 0 radical (unpaired) electrons. The Morgan fingerprint density at radius 1 is 1.06 bits per heavy atom. The summed E-state index contributed by atoms with van der Waals surface area (Å²) in [6, 6.07) is 10.6. The number of carbonyl (C=O) groups excluding carboxylic acids is 2. The Balaban J connectivity index is 1.75. The predicted molar refractivity (Wildman–Crippen MR) is 127 cm³/mol. The number of thioether (sulfide) groups is 1. The van der Waals surface area contributed by atoms with Crippen LogP contribution in [0, 0.1) is 11.7 Å². The molecule has 0 aliphatic heterocycles. The van der Waals surface area contributed by atoms with Gasteiger partial charge in [0.15, 0.2) is 10.9 Å². The molecule has 3 N–H and O–H groups in total. The summed E-state index contributed by atoms with van der Waals surface area (Å²) in [4.78, 5) is 39.8. The summed E-state index contributed by atoms with van der Waals surface area (Å²) < 4.78 is 13.3. The van der Waals surface area contributed by atoms with Crippen molar-refractivity contribution in [1.29, 1.82) is 0 Å². The molecular formula is C22H21ClFN5O3S. The van der Waals surface area contributed by atoms with Crippen LogP contribution in [0.5, 0.6) is 0 Å². The summed E-state index contributed by atoms with van der Waals surface area (Å²) in [7, 11) is 0. The number of anilines is 2. The number of benzene rings is 2. The van der Waals surface area contributed by atoms with Crippen molar-refractivity contribution in [3.05, 3.63) is 63.7 Å². The Morgan fingerprint density at radius 3 is 2.45 bits per heavy atom. The van der Waals surface area contributed by atoms with E-state index in [2.05, 4.69) is 25.8 Å². The first-order chi connectivity index (χ1) is 15.7. The van der Waals surface area contributed by atoms with Crippen LogP contribution in [-0.2, 0) is 9.59 Å². The van der Waals surface area contributed by atoms with E-state index in [4.69, 9.17) is 11.6 Å². The van der Waals surface area contributed by atoms with Crippen LogP contribution in [0.3, 0.4) is 0 Å². The highest BCUT2D eigenvalue weighted by Gasteiger charge is 2.19. The van der Waals surface area contributed by atoms with Gasteiger partial charge in [0.2, 0.25) is 11.8 Å². The van der Waals surface area contributed by atoms with Crippen LogP contribution in [0.15, 0.2) is 52.4 Å². The van der Waals surface area contributed by atoms with Crippen LogP contribution in [0.25, 0.3) is 11.3 Å². The SMILES string of the molecule is CC(C)C(=O)Nc1ccccc1-c1nnc(S[C@@H](C)C(=O)Nc2ccc(F)c(Cl)c2)[nH]c1=O. The summed E-state index contributed by atoms with van der Waals surface area (Å²) in [5, 5.41) is 12.8. The van der Waals surface area contributed by atoms with Gasteiger partial charge in [0.05, 0.1) is 16.0 Å². The van der Waals surface area contributed by atoms with Crippen LogP contribution >= 0.6 is 23.4 Å². The summed E-state index contributed by atoms with van der Waals surface area (Å²) in [6.45, 7) is 5.15. The normalized spacial score (nSPS) is 11.8. The standard InChI is InChI=1S/C22H21ClFN5O3S/c1-11(2)19(30)26-17-7-5-4-6-14(17)18-21(32)27-22(29-28-18)33-12(3)20(31)25-13-8-9-16(24)15(23)10-13/h4-12H,1-3H3,(H,25,31)(H,26,30)(H,27,29,32)/t12-/m0/s1. The number of nitrogens with one attached hydrogen (secondary N) is 3. The predicted octanol–water partition coefficient (Wildman–Crippen LogP) is 4.34. The molecule has 0 saturated carbocycles. The van der Waals surface area contributed by atoms with Crippen molar-refractivity contribution in [2.75, 3.05) is 10.6 Å². The topological polar surface area (TPSA) is 117 Å². The fourth-order valence-corrected chi connectivity index (χ4v) is 3.59. The number of hydrogen-bond acceptors (Lipinski definition) is 6. The molecule has 0 fully saturated rings. The zero-order valence-electron chi connectivity index (χ0n) is 18.0. The second-order valence-corrected chi connectivity index (χ2v) is 9.11. The van der Waals surface area contributed by atoms with Crippen molar-refractivity contribution >= 4 is 46.6 Å². The van der Waals surface area contributed by atoms with Gasteiger partial charge in [-0.2, -0.15) is 0 Å². The third kappa shape index (κ3) is 6.17. The number of aromatic amines is 1. The molecule has 2 amide bonds. The fourth-order valence-electron chi connectivity index (χ4n) is 2.67. The van der Waals surface area contributed by atoms with E-state index in [1.54, 1.807) is 45.0 Å². The van der Waals surface area contributed by atoms with E-state index < -0.39 is 22.5 Å². The number of halogens is 2. The Hall–Kier alpha value is -3.24. The van der Waals surface area contributed by atoms with Gasteiger partial charge >= 0.3 is 0 Å². The van der Waals surface area contributed by atoms with Gasteiger partial charge in [-0.15, -0.1) is 10.2 Å². The molecule has 3 aromatic rings. The van der Waals surface area contributed by atoms with E-state index >= 15 is 0 Å². The highest BCUT2D eigenvalue weighted by atomic mass is 35.5. The molecule has 3 rings (SSSR count). The molecule has 0 unspecified atom stereocenters. The van der Waals surface area contributed by atoms with Gasteiger partial charge in [-0.3, -0.25) is 19.4 Å². The number of aromatic nitrogens is 3. The van der Waals surface area contributed by atoms with Crippen LogP contribution in [0.2, 0.25) is 5.02 Å². The maximum atomic E-state index is 13.3. The minimum Gasteiger partial charge on any atom is -0.325 e. The first-order valence-corrected chi connectivity index (χ1v) is 11.2. The average molecular weight is 490 g/mol. The maximum absolute atomic E-state index is 13.3. The van der Waals surface area contributed by atoms with E-state index in [9.17, 15) is 18.8 Å². The second kappa shape index (κ2) is 10.6. The van der Waals surface area contributed by atoms with Crippen LogP contribution in [-0.4, -0.2) is 32.2 Å². The number of rotatable bonds is 7. The summed E-state index contributed by atoms with van der Waals surface area (Å²) in [5.74, 6) is -1.41. The number of nitrogens with zero attached hydrogens (tertiary/aromatic N) is 2. The molecule has 2 aromatic carbocycles. The molecule has 8 nitrogen and oxygen atoms in total. The van der Waals surface area contributed by atoms with E-state index in [0.29, 0.717) is 16.9 Å². The van der Waals surface area contributed by atoms with E-state index in [-0.39, 0.29) is 27.7 Å². The monoisotopic (exact) mass is 489 g/mol. The Labute approximate surface area is 198 Å². The molecule has 33 heavy (non-hydrogen) atoms.